The van der Waals surface area contributed by atoms with Gasteiger partial charge in [-0.05, 0) is 13.3 Å². The lowest BCUT2D eigenvalue weighted by molar-refractivity contribution is 0.284. The van der Waals surface area contributed by atoms with E-state index in [1.54, 1.807) is 10.4 Å². The number of nitrogens with one attached hydrogen (secondary N) is 1. The molecule has 0 spiro atoms. The summed E-state index contributed by atoms with van der Waals surface area (Å²) in [7, 11) is -3.07. The van der Waals surface area contributed by atoms with E-state index in [1.807, 2.05) is 6.92 Å². The van der Waals surface area contributed by atoms with Gasteiger partial charge in [0.25, 0.3) is 0 Å². The molecule has 0 aromatic rings. The molecule has 6 heteroatoms. The van der Waals surface area contributed by atoms with Crippen LogP contribution in [-0.4, -0.2) is 44.2 Å². The Labute approximate surface area is 98.2 Å². The summed E-state index contributed by atoms with van der Waals surface area (Å²) in [6.45, 7) is 7.54. The maximum Gasteiger partial charge on any atom is 0.214 e. The number of rotatable bonds is 4. The molecule has 1 saturated heterocycles. The second kappa shape index (κ2) is 6.48. The van der Waals surface area contributed by atoms with E-state index in [0.717, 1.165) is 13.1 Å². The number of hydrogen-bond donors (Lipinski definition) is 1. The van der Waals surface area contributed by atoms with Crippen LogP contribution < -0.4 is 5.32 Å². The number of hydrogen-bond acceptors (Lipinski definition) is 3. The quantitative estimate of drug-likeness (QED) is 0.748. The van der Waals surface area contributed by atoms with E-state index in [2.05, 4.69) is 11.9 Å². The molecule has 1 aliphatic heterocycles. The number of allylic oxidation sites excluding steroid dienone is 1. The number of halogens is 1. The molecule has 1 rings (SSSR count). The summed E-state index contributed by atoms with van der Waals surface area (Å²) in [4.78, 5) is 0. The van der Waals surface area contributed by atoms with Crippen LogP contribution in [0.4, 0.5) is 0 Å². The fourth-order valence-electron chi connectivity index (χ4n) is 1.59. The van der Waals surface area contributed by atoms with Crippen molar-refractivity contribution in [3.8, 4) is 0 Å². The van der Waals surface area contributed by atoms with Crippen LogP contribution in [0.25, 0.3) is 0 Å². The van der Waals surface area contributed by atoms with Gasteiger partial charge in [0.15, 0.2) is 0 Å². The van der Waals surface area contributed by atoms with Gasteiger partial charge in [-0.3, -0.25) is 0 Å². The summed E-state index contributed by atoms with van der Waals surface area (Å²) in [6.07, 6.45) is 2.17. The summed E-state index contributed by atoms with van der Waals surface area (Å²) < 4.78 is 25.2. The number of sulfonamides is 1. The van der Waals surface area contributed by atoms with Crippen molar-refractivity contribution >= 4 is 22.4 Å². The zero-order valence-electron chi connectivity index (χ0n) is 8.98. The first-order chi connectivity index (χ1) is 6.58. The first-order valence-corrected chi connectivity index (χ1v) is 6.50. The lowest BCUT2D eigenvalue weighted by atomic mass is 10.3. The van der Waals surface area contributed by atoms with Gasteiger partial charge in [-0.2, -0.15) is 4.31 Å². The third-order valence-corrected chi connectivity index (χ3v) is 4.39. The first-order valence-electron chi connectivity index (χ1n) is 4.89. The molecule has 90 valence electrons. The Balaban J connectivity index is 0.00000196. The molecular formula is C9H19ClN2O2S. The minimum atomic E-state index is -3.07. The molecular weight excluding hydrogens is 236 g/mol. The molecule has 0 aromatic heterocycles. The molecule has 1 aliphatic rings. The van der Waals surface area contributed by atoms with E-state index < -0.39 is 10.0 Å². The molecule has 15 heavy (non-hydrogen) atoms. The summed E-state index contributed by atoms with van der Waals surface area (Å²) >= 11 is 0. The van der Waals surface area contributed by atoms with Crippen molar-refractivity contribution in [2.75, 3.05) is 25.4 Å². The molecule has 1 fully saturated rings. The van der Waals surface area contributed by atoms with E-state index in [1.165, 1.54) is 0 Å². The second-order valence-electron chi connectivity index (χ2n) is 3.56. The van der Waals surface area contributed by atoms with Gasteiger partial charge < -0.3 is 5.32 Å². The van der Waals surface area contributed by atoms with Gasteiger partial charge in [-0.15, -0.1) is 19.0 Å². The smallest absolute Gasteiger partial charge is 0.214 e. The maximum absolute atomic E-state index is 11.8. The highest BCUT2D eigenvalue weighted by molar-refractivity contribution is 7.89. The molecule has 4 nitrogen and oxygen atoms in total. The molecule has 1 atom stereocenters. The fraction of sp³-hybridized carbons (Fsp3) is 0.778. The Morgan fingerprint density at radius 1 is 1.60 bits per heavy atom. The summed E-state index contributed by atoms with van der Waals surface area (Å²) in [6, 6.07) is 0.0681. The maximum atomic E-state index is 11.8. The van der Waals surface area contributed by atoms with Gasteiger partial charge in [0.1, 0.15) is 0 Å². The van der Waals surface area contributed by atoms with Crippen LogP contribution in [0.3, 0.4) is 0 Å². The molecule has 0 saturated carbocycles. The summed E-state index contributed by atoms with van der Waals surface area (Å²) in [5.74, 6) is 0.181. The third kappa shape index (κ3) is 4.10. The Morgan fingerprint density at radius 2 is 2.27 bits per heavy atom. The highest BCUT2D eigenvalue weighted by Crippen LogP contribution is 2.10. The first kappa shape index (κ1) is 14.9. The Bertz CT molecular complexity index is 292. The van der Waals surface area contributed by atoms with Gasteiger partial charge in [0, 0.05) is 25.7 Å². The van der Waals surface area contributed by atoms with E-state index in [0.29, 0.717) is 13.0 Å². The fourth-order valence-corrected chi connectivity index (χ4v) is 3.28. The molecule has 1 heterocycles. The molecule has 0 bridgehead atoms. The van der Waals surface area contributed by atoms with Crippen LogP contribution >= 0.6 is 12.4 Å². The normalized spacial score (nSPS) is 23.1. The second-order valence-corrected chi connectivity index (χ2v) is 5.60. The largest absolute Gasteiger partial charge is 0.314 e. The summed E-state index contributed by atoms with van der Waals surface area (Å²) in [5, 5.41) is 3.17. The molecule has 0 aromatic carbocycles. The Hall–Kier alpha value is -0.100. The van der Waals surface area contributed by atoms with Gasteiger partial charge in [-0.25, -0.2) is 8.42 Å². The zero-order valence-corrected chi connectivity index (χ0v) is 10.6. The van der Waals surface area contributed by atoms with Crippen LogP contribution in [0, 0.1) is 0 Å². The van der Waals surface area contributed by atoms with Crippen LogP contribution in [0.15, 0.2) is 12.7 Å². The third-order valence-electron chi connectivity index (χ3n) is 2.38. The molecule has 1 N–H and O–H groups in total. The average Bonchev–Trinajstić information content (AvgIpc) is 2.15. The lowest BCUT2D eigenvalue weighted by Gasteiger charge is -2.32. The predicted octanol–water partition coefficient (Wildman–Crippen LogP) is 0.608. The van der Waals surface area contributed by atoms with Crippen molar-refractivity contribution < 1.29 is 8.42 Å². The van der Waals surface area contributed by atoms with Crippen molar-refractivity contribution in [3.63, 3.8) is 0 Å². The zero-order chi connectivity index (χ0) is 10.6. The lowest BCUT2D eigenvalue weighted by Crippen LogP contribution is -2.52. The topological polar surface area (TPSA) is 49.4 Å². The van der Waals surface area contributed by atoms with Gasteiger partial charge >= 0.3 is 0 Å². The van der Waals surface area contributed by atoms with Crippen molar-refractivity contribution in [1.29, 1.82) is 0 Å². The van der Waals surface area contributed by atoms with E-state index in [9.17, 15) is 8.42 Å². The average molecular weight is 255 g/mol. The minimum absolute atomic E-state index is 0. The molecule has 0 aliphatic carbocycles. The predicted molar refractivity (Wildman–Crippen MR) is 64.9 cm³/mol. The van der Waals surface area contributed by atoms with Crippen molar-refractivity contribution in [1.82, 2.24) is 9.62 Å². The van der Waals surface area contributed by atoms with E-state index in [-0.39, 0.29) is 24.2 Å². The molecule has 0 radical (unpaired) electrons. The highest BCUT2D eigenvalue weighted by Gasteiger charge is 2.28. The monoisotopic (exact) mass is 254 g/mol. The Kier molecular flexibility index (Phi) is 6.43. The van der Waals surface area contributed by atoms with Crippen molar-refractivity contribution in [2.45, 2.75) is 19.4 Å². The standard InChI is InChI=1S/C9H18N2O2S.ClH/c1-3-4-7-14(12,13)11-6-5-10-8-9(11)2;/h3,9-10H,1,4-8H2,2H3;1H. The van der Waals surface area contributed by atoms with Crippen molar-refractivity contribution in [2.24, 2.45) is 0 Å². The van der Waals surface area contributed by atoms with Gasteiger partial charge in [0.2, 0.25) is 10.0 Å². The van der Waals surface area contributed by atoms with Crippen LogP contribution in [0.1, 0.15) is 13.3 Å². The highest BCUT2D eigenvalue weighted by atomic mass is 35.5. The number of piperazine rings is 1. The Morgan fingerprint density at radius 3 is 2.80 bits per heavy atom. The van der Waals surface area contributed by atoms with Gasteiger partial charge in [-0.1, -0.05) is 6.08 Å². The molecule has 1 unspecified atom stereocenters. The van der Waals surface area contributed by atoms with Crippen LogP contribution in [-0.2, 0) is 10.0 Å². The SMILES string of the molecule is C=CCCS(=O)(=O)N1CCNCC1C.Cl. The van der Waals surface area contributed by atoms with Crippen LogP contribution in [0.2, 0.25) is 0 Å². The summed E-state index contributed by atoms with van der Waals surface area (Å²) in [5.41, 5.74) is 0. The van der Waals surface area contributed by atoms with Gasteiger partial charge in [0.05, 0.1) is 5.75 Å². The van der Waals surface area contributed by atoms with Crippen molar-refractivity contribution in [3.05, 3.63) is 12.7 Å². The molecule has 0 amide bonds. The minimum Gasteiger partial charge on any atom is -0.314 e. The van der Waals surface area contributed by atoms with Crippen LogP contribution in [0.5, 0.6) is 0 Å². The van der Waals surface area contributed by atoms with E-state index >= 15 is 0 Å². The number of nitrogens with zero attached hydrogens (tertiary/aromatic N) is 1. The van der Waals surface area contributed by atoms with E-state index in [4.69, 9.17) is 0 Å².